The number of hydrogen-bond donors (Lipinski definition) is 1. The van der Waals surface area contributed by atoms with E-state index in [0.29, 0.717) is 6.04 Å². The molecule has 21 heavy (non-hydrogen) atoms. The summed E-state index contributed by atoms with van der Waals surface area (Å²) in [4.78, 5) is 0. The number of ether oxygens (including phenoxy) is 1. The van der Waals surface area contributed by atoms with Crippen LogP contribution >= 0.6 is 0 Å². The molecule has 0 aliphatic rings. The largest absolute Gasteiger partial charge is 0.497 e. The molecular formula is C19H25NO. The second-order valence-corrected chi connectivity index (χ2v) is 6.13. The molecule has 0 fully saturated rings. The Kier molecular flexibility index (Phi) is 5.03. The van der Waals surface area contributed by atoms with Gasteiger partial charge in [0.15, 0.2) is 0 Å². The van der Waals surface area contributed by atoms with Crippen molar-refractivity contribution in [3.63, 3.8) is 0 Å². The fourth-order valence-electron chi connectivity index (χ4n) is 2.43. The topological polar surface area (TPSA) is 21.3 Å². The summed E-state index contributed by atoms with van der Waals surface area (Å²) in [5.74, 6) is 0.906. The van der Waals surface area contributed by atoms with E-state index in [2.05, 4.69) is 68.6 Å². The Labute approximate surface area is 128 Å². The van der Waals surface area contributed by atoms with E-state index in [1.54, 1.807) is 7.11 Å². The maximum absolute atomic E-state index is 5.29. The molecule has 0 saturated heterocycles. The Morgan fingerprint density at radius 1 is 1.05 bits per heavy atom. The molecule has 1 unspecified atom stereocenters. The first-order valence-corrected chi connectivity index (χ1v) is 7.46. The lowest BCUT2D eigenvalue weighted by molar-refractivity contribution is 0.410. The van der Waals surface area contributed by atoms with Gasteiger partial charge in [-0.3, -0.25) is 0 Å². The summed E-state index contributed by atoms with van der Waals surface area (Å²) < 4.78 is 5.29. The van der Waals surface area contributed by atoms with Gasteiger partial charge in [-0.1, -0.05) is 56.3 Å². The first-order chi connectivity index (χ1) is 10.0. The number of hydrogen-bond acceptors (Lipinski definition) is 2. The van der Waals surface area contributed by atoms with Crippen LogP contribution in [0, 0.1) is 0 Å². The molecule has 1 atom stereocenters. The number of nitrogens with one attached hydrogen (secondary N) is 1. The standard InChI is InChI=1S/C19H25NO/c1-15(16-9-8-12-18(13-16)21-4)20-14-19(2,3)17-10-6-5-7-11-17/h5-13,15,20H,14H2,1-4H3. The monoisotopic (exact) mass is 283 g/mol. The fraction of sp³-hybridized carbons (Fsp3) is 0.368. The Balaban J connectivity index is 2.01. The molecule has 1 N–H and O–H groups in total. The van der Waals surface area contributed by atoms with Gasteiger partial charge >= 0.3 is 0 Å². The average molecular weight is 283 g/mol. The zero-order chi connectivity index (χ0) is 15.3. The summed E-state index contributed by atoms with van der Waals surface area (Å²) in [6.45, 7) is 7.66. The predicted molar refractivity (Wildman–Crippen MR) is 88.9 cm³/mol. The first kappa shape index (κ1) is 15.6. The summed E-state index contributed by atoms with van der Waals surface area (Å²) in [6.07, 6.45) is 0. The lowest BCUT2D eigenvalue weighted by Crippen LogP contribution is -2.34. The van der Waals surface area contributed by atoms with E-state index in [1.807, 2.05) is 12.1 Å². The van der Waals surface area contributed by atoms with Gasteiger partial charge in [-0.05, 0) is 30.2 Å². The average Bonchev–Trinajstić information content (AvgIpc) is 2.53. The number of methoxy groups -OCH3 is 1. The van der Waals surface area contributed by atoms with Crippen molar-refractivity contribution >= 4 is 0 Å². The highest BCUT2D eigenvalue weighted by Crippen LogP contribution is 2.24. The highest BCUT2D eigenvalue weighted by Gasteiger charge is 2.21. The second-order valence-electron chi connectivity index (χ2n) is 6.13. The fourth-order valence-corrected chi connectivity index (χ4v) is 2.43. The number of benzene rings is 2. The molecule has 0 aliphatic carbocycles. The summed E-state index contributed by atoms with van der Waals surface area (Å²) in [6, 6.07) is 19.2. The van der Waals surface area contributed by atoms with E-state index >= 15 is 0 Å². The van der Waals surface area contributed by atoms with E-state index in [9.17, 15) is 0 Å². The minimum absolute atomic E-state index is 0.106. The van der Waals surface area contributed by atoms with Crippen LogP contribution in [0.2, 0.25) is 0 Å². The SMILES string of the molecule is COc1cccc(C(C)NCC(C)(C)c2ccccc2)c1. The summed E-state index contributed by atoms with van der Waals surface area (Å²) in [5, 5.41) is 3.63. The van der Waals surface area contributed by atoms with Gasteiger partial charge in [-0.2, -0.15) is 0 Å². The van der Waals surface area contributed by atoms with E-state index in [0.717, 1.165) is 12.3 Å². The minimum Gasteiger partial charge on any atom is -0.497 e. The zero-order valence-corrected chi connectivity index (χ0v) is 13.4. The third kappa shape index (κ3) is 4.08. The van der Waals surface area contributed by atoms with Gasteiger partial charge in [0.1, 0.15) is 5.75 Å². The van der Waals surface area contributed by atoms with Gasteiger partial charge in [0, 0.05) is 18.0 Å². The van der Waals surface area contributed by atoms with Gasteiger partial charge in [0.05, 0.1) is 7.11 Å². The highest BCUT2D eigenvalue weighted by atomic mass is 16.5. The van der Waals surface area contributed by atoms with Crippen molar-refractivity contribution in [2.45, 2.75) is 32.2 Å². The molecule has 0 bridgehead atoms. The Hall–Kier alpha value is -1.80. The van der Waals surface area contributed by atoms with Crippen LogP contribution in [-0.2, 0) is 5.41 Å². The van der Waals surface area contributed by atoms with Crippen LogP contribution in [0.5, 0.6) is 5.75 Å². The van der Waals surface area contributed by atoms with Crippen molar-refractivity contribution < 1.29 is 4.74 Å². The molecule has 0 amide bonds. The lowest BCUT2D eigenvalue weighted by Gasteiger charge is -2.28. The van der Waals surface area contributed by atoms with Crippen LogP contribution in [0.1, 0.15) is 37.9 Å². The molecule has 0 aliphatic heterocycles. The van der Waals surface area contributed by atoms with E-state index in [4.69, 9.17) is 4.74 Å². The lowest BCUT2D eigenvalue weighted by atomic mass is 9.84. The smallest absolute Gasteiger partial charge is 0.119 e. The van der Waals surface area contributed by atoms with Crippen LogP contribution in [0.15, 0.2) is 54.6 Å². The third-order valence-corrected chi connectivity index (χ3v) is 4.00. The molecule has 2 nitrogen and oxygen atoms in total. The molecule has 2 aromatic rings. The first-order valence-electron chi connectivity index (χ1n) is 7.46. The van der Waals surface area contributed by atoms with Crippen LogP contribution in [0.25, 0.3) is 0 Å². The Morgan fingerprint density at radius 2 is 1.76 bits per heavy atom. The zero-order valence-electron chi connectivity index (χ0n) is 13.4. The molecule has 0 saturated carbocycles. The normalized spacial score (nSPS) is 13.0. The van der Waals surface area contributed by atoms with Crippen LogP contribution in [0.4, 0.5) is 0 Å². The number of rotatable bonds is 6. The van der Waals surface area contributed by atoms with E-state index in [-0.39, 0.29) is 5.41 Å². The summed E-state index contributed by atoms with van der Waals surface area (Å²) in [7, 11) is 1.70. The molecule has 2 heteroatoms. The maximum atomic E-state index is 5.29. The molecule has 0 spiro atoms. The third-order valence-electron chi connectivity index (χ3n) is 4.00. The van der Waals surface area contributed by atoms with Gasteiger partial charge < -0.3 is 10.1 Å². The predicted octanol–water partition coefficient (Wildman–Crippen LogP) is 4.32. The molecule has 0 aromatic heterocycles. The van der Waals surface area contributed by atoms with Crippen LogP contribution < -0.4 is 10.1 Å². The maximum Gasteiger partial charge on any atom is 0.119 e. The highest BCUT2D eigenvalue weighted by molar-refractivity contribution is 5.30. The van der Waals surface area contributed by atoms with Crippen LogP contribution in [0.3, 0.4) is 0 Å². The van der Waals surface area contributed by atoms with Crippen molar-refractivity contribution in [2.24, 2.45) is 0 Å². The molecular weight excluding hydrogens is 258 g/mol. The molecule has 0 heterocycles. The molecule has 2 rings (SSSR count). The Bertz CT molecular complexity index is 563. The minimum atomic E-state index is 0.106. The molecule has 2 aromatic carbocycles. The van der Waals surface area contributed by atoms with Gasteiger partial charge in [-0.15, -0.1) is 0 Å². The van der Waals surface area contributed by atoms with Crippen molar-refractivity contribution in [1.82, 2.24) is 5.32 Å². The van der Waals surface area contributed by atoms with E-state index < -0.39 is 0 Å². The summed E-state index contributed by atoms with van der Waals surface area (Å²) >= 11 is 0. The molecule has 112 valence electrons. The van der Waals surface area contributed by atoms with Crippen molar-refractivity contribution in [1.29, 1.82) is 0 Å². The second kappa shape index (κ2) is 6.77. The van der Waals surface area contributed by atoms with Gasteiger partial charge in [0.25, 0.3) is 0 Å². The van der Waals surface area contributed by atoms with Crippen molar-refractivity contribution in [3.05, 3.63) is 65.7 Å². The van der Waals surface area contributed by atoms with E-state index in [1.165, 1.54) is 11.1 Å². The quantitative estimate of drug-likeness (QED) is 0.852. The van der Waals surface area contributed by atoms with Gasteiger partial charge in [-0.25, -0.2) is 0 Å². The summed E-state index contributed by atoms with van der Waals surface area (Å²) in [5.41, 5.74) is 2.71. The molecule has 0 radical (unpaired) electrons. The Morgan fingerprint density at radius 3 is 2.43 bits per heavy atom. The van der Waals surface area contributed by atoms with Crippen molar-refractivity contribution in [3.8, 4) is 5.75 Å². The van der Waals surface area contributed by atoms with Crippen molar-refractivity contribution in [2.75, 3.05) is 13.7 Å². The van der Waals surface area contributed by atoms with Crippen LogP contribution in [-0.4, -0.2) is 13.7 Å². The van der Waals surface area contributed by atoms with Gasteiger partial charge in [0.2, 0.25) is 0 Å².